The Bertz CT molecular complexity index is 1230. The van der Waals surface area contributed by atoms with Crippen LogP contribution in [0.15, 0.2) is 36.7 Å². The van der Waals surface area contributed by atoms with E-state index in [9.17, 15) is 9.59 Å². The largest absolute Gasteiger partial charge is 0.493 e. The van der Waals surface area contributed by atoms with Gasteiger partial charge in [-0.05, 0) is 36.6 Å². The standard InChI is InChI=1S/C26H31ClN4O4/c1-4-5-6-14-35-23-15-20(8-9-22(23)34-3)30-13-7-12-29(26(30)33)16-19-10-11-28-25-24(19)21(27)17-31(25)18(2)32/h8-11,15,17H,4-7,12-14,16H2,1-3H3. The molecule has 1 aliphatic rings. The topological polar surface area (TPSA) is 76.9 Å². The van der Waals surface area contributed by atoms with Gasteiger partial charge in [0.25, 0.3) is 0 Å². The number of rotatable bonds is 9. The number of fused-ring (bicyclic) bond motifs is 1. The van der Waals surface area contributed by atoms with Gasteiger partial charge < -0.3 is 14.4 Å². The summed E-state index contributed by atoms with van der Waals surface area (Å²) in [5.74, 6) is 1.12. The average molecular weight is 499 g/mol. The molecule has 0 unspecified atom stereocenters. The first kappa shape index (κ1) is 24.9. The summed E-state index contributed by atoms with van der Waals surface area (Å²) in [6.07, 6.45) is 7.23. The number of anilines is 1. The average Bonchev–Trinajstić information content (AvgIpc) is 3.21. The quantitative estimate of drug-likeness (QED) is 0.350. The van der Waals surface area contributed by atoms with Gasteiger partial charge in [-0.3, -0.25) is 14.3 Å². The Hall–Kier alpha value is -3.26. The highest BCUT2D eigenvalue weighted by molar-refractivity contribution is 6.36. The summed E-state index contributed by atoms with van der Waals surface area (Å²) in [5, 5.41) is 1.14. The normalized spacial score (nSPS) is 14.0. The number of methoxy groups -OCH3 is 1. The molecule has 2 amide bonds. The van der Waals surface area contributed by atoms with Gasteiger partial charge >= 0.3 is 6.03 Å². The Labute approximate surface area is 210 Å². The number of carbonyl (C=O) groups is 2. The van der Waals surface area contributed by atoms with Gasteiger partial charge in [0.05, 0.1) is 18.7 Å². The summed E-state index contributed by atoms with van der Waals surface area (Å²) in [6.45, 7) is 5.83. The van der Waals surface area contributed by atoms with Crippen LogP contribution in [-0.2, 0) is 6.54 Å². The third-order valence-corrected chi connectivity index (χ3v) is 6.49. The van der Waals surface area contributed by atoms with Gasteiger partial charge in [0.15, 0.2) is 11.5 Å². The van der Waals surface area contributed by atoms with E-state index in [4.69, 9.17) is 21.1 Å². The van der Waals surface area contributed by atoms with Gasteiger partial charge in [-0.15, -0.1) is 0 Å². The smallest absolute Gasteiger partial charge is 0.324 e. The molecule has 0 spiro atoms. The molecule has 1 aromatic carbocycles. The van der Waals surface area contributed by atoms with Crippen LogP contribution in [0.25, 0.3) is 11.0 Å². The van der Waals surface area contributed by atoms with Crippen molar-refractivity contribution in [2.45, 2.75) is 46.1 Å². The summed E-state index contributed by atoms with van der Waals surface area (Å²) < 4.78 is 12.9. The summed E-state index contributed by atoms with van der Waals surface area (Å²) in [4.78, 5) is 33.4. The van der Waals surface area contributed by atoms with E-state index >= 15 is 0 Å². The Balaban J connectivity index is 1.56. The monoisotopic (exact) mass is 498 g/mol. The predicted molar refractivity (Wildman–Crippen MR) is 137 cm³/mol. The van der Waals surface area contributed by atoms with Crippen molar-refractivity contribution in [3.8, 4) is 11.5 Å². The number of amides is 2. The highest BCUT2D eigenvalue weighted by atomic mass is 35.5. The lowest BCUT2D eigenvalue weighted by Gasteiger charge is -2.36. The van der Waals surface area contributed by atoms with E-state index in [0.29, 0.717) is 53.8 Å². The van der Waals surface area contributed by atoms with E-state index in [0.717, 1.165) is 36.9 Å². The number of benzene rings is 1. The molecule has 35 heavy (non-hydrogen) atoms. The molecule has 9 heteroatoms. The van der Waals surface area contributed by atoms with Gasteiger partial charge in [-0.25, -0.2) is 9.78 Å². The van der Waals surface area contributed by atoms with E-state index in [1.807, 2.05) is 24.3 Å². The van der Waals surface area contributed by atoms with Gasteiger partial charge in [-0.1, -0.05) is 31.4 Å². The maximum atomic E-state index is 13.5. The van der Waals surface area contributed by atoms with Crippen molar-refractivity contribution in [3.05, 3.63) is 47.2 Å². The minimum Gasteiger partial charge on any atom is -0.493 e. The van der Waals surface area contributed by atoms with E-state index in [-0.39, 0.29) is 11.9 Å². The lowest BCUT2D eigenvalue weighted by atomic mass is 10.1. The van der Waals surface area contributed by atoms with Crippen molar-refractivity contribution in [1.29, 1.82) is 0 Å². The Morgan fingerprint density at radius 2 is 2.00 bits per heavy atom. The zero-order valence-corrected chi connectivity index (χ0v) is 21.2. The van der Waals surface area contributed by atoms with Crippen LogP contribution in [0, 0.1) is 0 Å². The third kappa shape index (κ3) is 5.22. The van der Waals surface area contributed by atoms with Crippen molar-refractivity contribution < 1.29 is 19.1 Å². The Morgan fingerprint density at radius 3 is 2.74 bits per heavy atom. The van der Waals surface area contributed by atoms with Crippen LogP contribution >= 0.6 is 11.6 Å². The van der Waals surface area contributed by atoms with Crippen LogP contribution in [0.5, 0.6) is 11.5 Å². The lowest BCUT2D eigenvalue weighted by molar-refractivity contribution is 0.0941. The molecule has 0 N–H and O–H groups in total. The molecule has 0 saturated carbocycles. The fourth-order valence-corrected chi connectivity index (χ4v) is 4.70. The van der Waals surface area contributed by atoms with E-state index in [2.05, 4.69) is 11.9 Å². The molecule has 3 aromatic rings. The molecule has 1 fully saturated rings. The maximum Gasteiger partial charge on any atom is 0.324 e. The van der Waals surface area contributed by atoms with Crippen molar-refractivity contribution >= 4 is 40.3 Å². The summed E-state index contributed by atoms with van der Waals surface area (Å²) in [5.41, 5.74) is 2.12. The second-order valence-electron chi connectivity index (χ2n) is 8.63. The first-order valence-corrected chi connectivity index (χ1v) is 12.3. The van der Waals surface area contributed by atoms with E-state index < -0.39 is 0 Å². The first-order chi connectivity index (χ1) is 16.9. The molecule has 2 aromatic heterocycles. The Kier molecular flexibility index (Phi) is 7.80. The molecule has 1 aliphatic heterocycles. The zero-order valence-electron chi connectivity index (χ0n) is 20.4. The Morgan fingerprint density at radius 1 is 1.17 bits per heavy atom. The van der Waals surface area contributed by atoms with E-state index in [1.54, 1.807) is 29.3 Å². The number of nitrogens with zero attached hydrogens (tertiary/aromatic N) is 4. The summed E-state index contributed by atoms with van der Waals surface area (Å²) in [7, 11) is 1.61. The molecule has 0 aliphatic carbocycles. The minimum atomic E-state index is -0.168. The van der Waals surface area contributed by atoms with Gasteiger partial charge in [0.2, 0.25) is 5.91 Å². The van der Waals surface area contributed by atoms with Crippen LogP contribution in [0.3, 0.4) is 0 Å². The number of unbranched alkanes of at least 4 members (excludes halogenated alkanes) is 2. The zero-order chi connectivity index (χ0) is 24.9. The fourth-order valence-electron chi connectivity index (χ4n) is 4.40. The molecule has 4 rings (SSSR count). The fraction of sp³-hybridized carbons (Fsp3) is 0.423. The molecule has 8 nitrogen and oxygen atoms in total. The van der Waals surface area contributed by atoms with Crippen LogP contribution in [0.1, 0.15) is 49.9 Å². The number of carbonyl (C=O) groups excluding carboxylic acids is 2. The second-order valence-corrected chi connectivity index (χ2v) is 9.04. The molecule has 3 heterocycles. The molecule has 0 atom stereocenters. The number of hydrogen-bond acceptors (Lipinski definition) is 5. The number of aromatic nitrogens is 2. The van der Waals surface area contributed by atoms with Gasteiger partial charge in [-0.2, -0.15) is 0 Å². The summed E-state index contributed by atoms with van der Waals surface area (Å²) >= 11 is 6.46. The number of pyridine rings is 1. The maximum absolute atomic E-state index is 13.5. The molecule has 0 bridgehead atoms. The van der Waals surface area contributed by atoms with Crippen LogP contribution in [-0.4, -0.2) is 53.2 Å². The minimum absolute atomic E-state index is 0.0922. The number of hydrogen-bond donors (Lipinski definition) is 0. The molecule has 0 radical (unpaired) electrons. The van der Waals surface area contributed by atoms with Crippen molar-refractivity contribution in [1.82, 2.24) is 14.5 Å². The lowest BCUT2D eigenvalue weighted by Crippen LogP contribution is -2.49. The van der Waals surface area contributed by atoms with Crippen LogP contribution in [0.4, 0.5) is 10.5 Å². The molecule has 186 valence electrons. The highest BCUT2D eigenvalue weighted by Crippen LogP contribution is 2.34. The second kappa shape index (κ2) is 11.0. The van der Waals surface area contributed by atoms with E-state index in [1.165, 1.54) is 11.5 Å². The SMILES string of the molecule is CCCCCOc1cc(N2CCCN(Cc3ccnc4c3c(Cl)cn4C(C)=O)C2=O)ccc1OC. The van der Waals surface area contributed by atoms with Crippen LogP contribution in [0.2, 0.25) is 5.02 Å². The first-order valence-electron chi connectivity index (χ1n) is 12.0. The van der Waals surface area contributed by atoms with Crippen molar-refractivity contribution in [2.24, 2.45) is 0 Å². The molecule has 1 saturated heterocycles. The van der Waals surface area contributed by atoms with Gasteiger partial charge in [0, 0.05) is 56.1 Å². The number of ether oxygens (including phenoxy) is 2. The number of urea groups is 1. The van der Waals surface area contributed by atoms with Crippen LogP contribution < -0.4 is 14.4 Å². The third-order valence-electron chi connectivity index (χ3n) is 6.20. The summed E-state index contributed by atoms with van der Waals surface area (Å²) in [6, 6.07) is 7.35. The van der Waals surface area contributed by atoms with Crippen molar-refractivity contribution in [3.63, 3.8) is 0 Å². The van der Waals surface area contributed by atoms with Crippen molar-refractivity contribution in [2.75, 3.05) is 31.7 Å². The highest BCUT2D eigenvalue weighted by Gasteiger charge is 2.28. The van der Waals surface area contributed by atoms with Gasteiger partial charge in [0.1, 0.15) is 5.65 Å². The molecular weight excluding hydrogens is 468 g/mol. The predicted octanol–water partition coefficient (Wildman–Crippen LogP) is 5.76. The number of halogens is 1. The molecular formula is C26H31ClN4O4.